The molecular weight excluding hydrogens is 321 g/mol. The molecule has 1 aromatic heterocycles. The molecule has 3 rings (SSSR count). The first-order valence-corrected chi connectivity index (χ1v) is 8.38. The summed E-state index contributed by atoms with van der Waals surface area (Å²) in [7, 11) is 0. The van der Waals surface area contributed by atoms with Gasteiger partial charge in [0.2, 0.25) is 5.91 Å². The number of likely N-dealkylation sites (tertiary alicyclic amines) is 1. The molecule has 1 aliphatic heterocycles. The van der Waals surface area contributed by atoms with Crippen LogP contribution in [0.5, 0.6) is 0 Å². The van der Waals surface area contributed by atoms with Crippen molar-refractivity contribution in [2.75, 3.05) is 18.8 Å². The summed E-state index contributed by atoms with van der Waals surface area (Å²) in [6.45, 7) is 3.15. The zero-order valence-electron chi connectivity index (χ0n) is 14.2. The van der Waals surface area contributed by atoms with Gasteiger partial charge in [-0.25, -0.2) is 4.39 Å². The molecular formula is C18H22FN5O. The largest absolute Gasteiger partial charge is 0.382 e. The molecule has 7 heteroatoms. The SMILES string of the molecule is Cc1ccc(CNC(=O)CN2CCCC2c2ccc(N)nn2)cc1F. The lowest BCUT2D eigenvalue weighted by atomic mass is 10.1. The van der Waals surface area contributed by atoms with Gasteiger partial charge < -0.3 is 11.1 Å². The molecule has 0 radical (unpaired) electrons. The first-order valence-electron chi connectivity index (χ1n) is 8.38. The van der Waals surface area contributed by atoms with Crippen LogP contribution in [0.15, 0.2) is 30.3 Å². The van der Waals surface area contributed by atoms with E-state index < -0.39 is 0 Å². The van der Waals surface area contributed by atoms with E-state index in [1.54, 1.807) is 19.1 Å². The Morgan fingerprint density at radius 1 is 1.36 bits per heavy atom. The molecule has 1 amide bonds. The fraction of sp³-hybridized carbons (Fsp3) is 0.389. The minimum absolute atomic E-state index is 0.0793. The van der Waals surface area contributed by atoms with Gasteiger partial charge in [-0.15, -0.1) is 5.10 Å². The first kappa shape index (κ1) is 17.3. The molecule has 25 heavy (non-hydrogen) atoms. The lowest BCUT2D eigenvalue weighted by molar-refractivity contribution is -0.122. The van der Waals surface area contributed by atoms with E-state index in [9.17, 15) is 9.18 Å². The average Bonchev–Trinajstić information content (AvgIpc) is 3.05. The van der Waals surface area contributed by atoms with Crippen LogP contribution in [0.25, 0.3) is 0 Å². The van der Waals surface area contributed by atoms with Crippen LogP contribution in [0.1, 0.15) is 35.7 Å². The van der Waals surface area contributed by atoms with Crippen LogP contribution in [0.4, 0.5) is 10.2 Å². The highest BCUT2D eigenvalue weighted by Gasteiger charge is 2.28. The quantitative estimate of drug-likeness (QED) is 0.867. The van der Waals surface area contributed by atoms with E-state index in [0.717, 1.165) is 30.6 Å². The molecule has 0 spiro atoms. The number of aromatic nitrogens is 2. The number of nitrogens with zero attached hydrogens (tertiary/aromatic N) is 3. The third-order valence-electron chi connectivity index (χ3n) is 4.48. The van der Waals surface area contributed by atoms with Gasteiger partial charge >= 0.3 is 0 Å². The maximum atomic E-state index is 13.6. The molecule has 1 atom stereocenters. The van der Waals surface area contributed by atoms with Crippen molar-refractivity contribution in [2.24, 2.45) is 0 Å². The minimum atomic E-state index is -0.256. The molecule has 0 saturated carbocycles. The van der Waals surface area contributed by atoms with Gasteiger partial charge in [-0.3, -0.25) is 9.69 Å². The van der Waals surface area contributed by atoms with Crippen LogP contribution < -0.4 is 11.1 Å². The van der Waals surface area contributed by atoms with Crippen LogP contribution in [0.3, 0.4) is 0 Å². The van der Waals surface area contributed by atoms with E-state index in [1.165, 1.54) is 6.07 Å². The Balaban J connectivity index is 1.56. The highest BCUT2D eigenvalue weighted by molar-refractivity contribution is 5.78. The van der Waals surface area contributed by atoms with Crippen LogP contribution in [-0.4, -0.2) is 34.1 Å². The maximum Gasteiger partial charge on any atom is 0.234 e. The van der Waals surface area contributed by atoms with Gasteiger partial charge in [-0.1, -0.05) is 12.1 Å². The second-order valence-electron chi connectivity index (χ2n) is 6.37. The Hall–Kier alpha value is -2.54. The van der Waals surface area contributed by atoms with Crippen LogP contribution in [0, 0.1) is 12.7 Å². The standard InChI is InChI=1S/C18H22FN5O/c1-12-4-5-13(9-14(12)19)10-21-18(25)11-24-8-2-3-16(24)15-6-7-17(20)23-22-15/h4-7,9,16H,2-3,8,10-11H2,1H3,(H2,20,23)(H,21,25). The first-order chi connectivity index (χ1) is 12.0. The van der Waals surface area contributed by atoms with Crippen molar-refractivity contribution in [1.82, 2.24) is 20.4 Å². The molecule has 6 nitrogen and oxygen atoms in total. The monoisotopic (exact) mass is 343 g/mol. The zero-order chi connectivity index (χ0) is 17.8. The van der Waals surface area contributed by atoms with Crippen molar-refractivity contribution < 1.29 is 9.18 Å². The van der Waals surface area contributed by atoms with Gasteiger partial charge in [0, 0.05) is 6.54 Å². The van der Waals surface area contributed by atoms with Crippen molar-refractivity contribution >= 4 is 11.7 Å². The number of amides is 1. The van der Waals surface area contributed by atoms with E-state index in [2.05, 4.69) is 20.4 Å². The number of hydrogen-bond acceptors (Lipinski definition) is 5. The lowest BCUT2D eigenvalue weighted by Crippen LogP contribution is -2.36. The number of nitrogen functional groups attached to an aromatic ring is 1. The molecule has 0 aliphatic carbocycles. The van der Waals surface area contributed by atoms with E-state index in [-0.39, 0.29) is 24.3 Å². The topological polar surface area (TPSA) is 84.1 Å². The van der Waals surface area contributed by atoms with Gasteiger partial charge in [0.05, 0.1) is 18.3 Å². The smallest absolute Gasteiger partial charge is 0.234 e. The van der Waals surface area contributed by atoms with Crippen molar-refractivity contribution in [3.63, 3.8) is 0 Å². The fourth-order valence-corrected chi connectivity index (χ4v) is 3.07. The molecule has 1 aromatic carbocycles. The summed E-state index contributed by atoms with van der Waals surface area (Å²) in [6.07, 6.45) is 1.95. The maximum absolute atomic E-state index is 13.6. The van der Waals surface area contributed by atoms with Crippen molar-refractivity contribution in [3.05, 3.63) is 53.0 Å². The predicted octanol–water partition coefficient (Wildman–Crippen LogP) is 1.96. The molecule has 0 bridgehead atoms. The van der Waals surface area contributed by atoms with E-state index in [4.69, 9.17) is 5.73 Å². The summed E-state index contributed by atoms with van der Waals surface area (Å²) < 4.78 is 13.6. The van der Waals surface area contributed by atoms with E-state index in [1.807, 2.05) is 12.1 Å². The van der Waals surface area contributed by atoms with Gasteiger partial charge in [-0.05, 0) is 55.6 Å². The Morgan fingerprint density at radius 2 is 2.20 bits per heavy atom. The second-order valence-corrected chi connectivity index (χ2v) is 6.37. The highest BCUT2D eigenvalue weighted by Crippen LogP contribution is 2.30. The number of carbonyl (C=O) groups is 1. The number of rotatable bonds is 5. The number of aryl methyl sites for hydroxylation is 1. The number of nitrogens with one attached hydrogen (secondary N) is 1. The molecule has 1 fully saturated rings. The number of halogens is 1. The third kappa shape index (κ3) is 4.30. The Kier molecular flexibility index (Phi) is 5.23. The molecule has 2 heterocycles. The Labute approximate surface area is 146 Å². The summed E-state index contributed by atoms with van der Waals surface area (Å²) >= 11 is 0. The summed E-state index contributed by atoms with van der Waals surface area (Å²) in [5.41, 5.74) is 7.76. The molecule has 3 N–H and O–H groups in total. The molecule has 2 aromatic rings. The zero-order valence-corrected chi connectivity index (χ0v) is 14.2. The number of nitrogens with two attached hydrogens (primary N) is 1. The number of benzene rings is 1. The van der Waals surface area contributed by atoms with Gasteiger partial charge in [0.15, 0.2) is 0 Å². The van der Waals surface area contributed by atoms with Crippen LogP contribution in [0.2, 0.25) is 0 Å². The summed E-state index contributed by atoms with van der Waals surface area (Å²) in [5.74, 6) is 0.0425. The van der Waals surface area contributed by atoms with E-state index in [0.29, 0.717) is 17.9 Å². The van der Waals surface area contributed by atoms with Crippen molar-refractivity contribution in [3.8, 4) is 0 Å². The normalized spacial score (nSPS) is 17.6. The fourth-order valence-electron chi connectivity index (χ4n) is 3.07. The minimum Gasteiger partial charge on any atom is -0.382 e. The van der Waals surface area contributed by atoms with Crippen molar-refractivity contribution in [2.45, 2.75) is 32.4 Å². The van der Waals surface area contributed by atoms with Crippen LogP contribution in [-0.2, 0) is 11.3 Å². The number of carbonyl (C=O) groups excluding carboxylic acids is 1. The molecule has 1 saturated heterocycles. The number of anilines is 1. The van der Waals surface area contributed by atoms with Gasteiger partial charge in [-0.2, -0.15) is 5.10 Å². The molecule has 132 valence electrons. The van der Waals surface area contributed by atoms with Crippen molar-refractivity contribution in [1.29, 1.82) is 0 Å². The average molecular weight is 343 g/mol. The Bertz CT molecular complexity index is 750. The summed E-state index contributed by atoms with van der Waals surface area (Å²) in [4.78, 5) is 14.3. The van der Waals surface area contributed by atoms with E-state index >= 15 is 0 Å². The van der Waals surface area contributed by atoms with Crippen LogP contribution >= 0.6 is 0 Å². The number of hydrogen-bond donors (Lipinski definition) is 2. The predicted molar refractivity (Wildman–Crippen MR) is 93.0 cm³/mol. The summed E-state index contributed by atoms with van der Waals surface area (Å²) in [5, 5.41) is 10.9. The summed E-state index contributed by atoms with van der Waals surface area (Å²) in [6, 6.07) is 8.66. The molecule has 1 unspecified atom stereocenters. The van der Waals surface area contributed by atoms with Gasteiger partial charge in [0.1, 0.15) is 11.6 Å². The lowest BCUT2D eigenvalue weighted by Gasteiger charge is -2.23. The third-order valence-corrected chi connectivity index (χ3v) is 4.48. The Morgan fingerprint density at radius 3 is 2.92 bits per heavy atom. The van der Waals surface area contributed by atoms with Gasteiger partial charge in [0.25, 0.3) is 0 Å². The highest BCUT2D eigenvalue weighted by atomic mass is 19.1. The second kappa shape index (κ2) is 7.57. The molecule has 1 aliphatic rings.